The van der Waals surface area contributed by atoms with Crippen LogP contribution in [0.5, 0.6) is 0 Å². The fraction of sp³-hybridized carbons (Fsp3) is 0.417. The number of thioether (sulfide) groups is 1. The van der Waals surface area contributed by atoms with Crippen molar-refractivity contribution in [3.8, 4) is 0 Å². The zero-order valence-electron chi connectivity index (χ0n) is 10.1. The van der Waals surface area contributed by atoms with E-state index in [2.05, 4.69) is 17.9 Å². The van der Waals surface area contributed by atoms with Crippen LogP contribution < -0.4 is 5.32 Å². The van der Waals surface area contributed by atoms with Crippen molar-refractivity contribution in [3.05, 3.63) is 29.6 Å². The van der Waals surface area contributed by atoms with Gasteiger partial charge >= 0.3 is 0 Å². The molecule has 0 heterocycles. The first-order valence-corrected chi connectivity index (χ1v) is 6.85. The normalized spacial score (nSPS) is 11.4. The molecule has 5 heteroatoms. The standard InChI is InChI=1S/C12H16FNOS2/c1-12(2,17-3)7-14-11(15)9-6-8(16)4-5-10(9)13/h4-6,16H,7H2,1-3H3,(H,14,15). The third-order valence-corrected chi connectivity index (χ3v) is 3.95. The van der Waals surface area contributed by atoms with E-state index in [4.69, 9.17) is 0 Å². The van der Waals surface area contributed by atoms with Gasteiger partial charge < -0.3 is 5.32 Å². The maximum atomic E-state index is 13.4. The summed E-state index contributed by atoms with van der Waals surface area (Å²) in [5.41, 5.74) is 0.0365. The number of hydrogen-bond donors (Lipinski definition) is 2. The van der Waals surface area contributed by atoms with Gasteiger partial charge in [-0.15, -0.1) is 12.6 Å². The fourth-order valence-electron chi connectivity index (χ4n) is 1.15. The third-order valence-electron chi connectivity index (χ3n) is 2.42. The molecule has 0 aromatic heterocycles. The Balaban J connectivity index is 2.74. The number of carbonyl (C=O) groups excluding carboxylic acids is 1. The molecule has 1 aromatic carbocycles. The van der Waals surface area contributed by atoms with Crippen LogP contribution in [0.1, 0.15) is 24.2 Å². The number of carbonyl (C=O) groups is 1. The fourth-order valence-corrected chi connectivity index (χ4v) is 1.57. The molecule has 0 fully saturated rings. The van der Waals surface area contributed by atoms with Crippen LogP contribution in [-0.2, 0) is 0 Å². The van der Waals surface area contributed by atoms with Gasteiger partial charge in [-0.25, -0.2) is 4.39 Å². The summed E-state index contributed by atoms with van der Waals surface area (Å²) in [6, 6.07) is 4.19. The second-order valence-corrected chi connectivity index (χ2v) is 6.34. The van der Waals surface area contributed by atoms with Crippen molar-refractivity contribution < 1.29 is 9.18 Å². The molecule has 1 amide bonds. The Bertz CT molecular complexity index is 421. The van der Waals surface area contributed by atoms with Crippen LogP contribution in [0.3, 0.4) is 0 Å². The zero-order chi connectivity index (χ0) is 13.1. The Kier molecular flexibility index (Phi) is 4.89. The highest BCUT2D eigenvalue weighted by atomic mass is 32.2. The van der Waals surface area contributed by atoms with Crippen molar-refractivity contribution in [2.24, 2.45) is 0 Å². The van der Waals surface area contributed by atoms with Gasteiger partial charge in [0.25, 0.3) is 5.91 Å². The monoisotopic (exact) mass is 273 g/mol. The predicted molar refractivity (Wildman–Crippen MR) is 73.6 cm³/mol. The van der Waals surface area contributed by atoms with Crippen LogP contribution in [0, 0.1) is 5.82 Å². The summed E-state index contributed by atoms with van der Waals surface area (Å²) in [5, 5.41) is 2.72. The quantitative estimate of drug-likeness (QED) is 0.826. The molecule has 1 aromatic rings. The van der Waals surface area contributed by atoms with Crippen LogP contribution in [0.15, 0.2) is 23.1 Å². The Hall–Kier alpha value is -0.680. The summed E-state index contributed by atoms with van der Waals surface area (Å²) in [7, 11) is 0. The van der Waals surface area contributed by atoms with Crippen LogP contribution in [0.4, 0.5) is 4.39 Å². The zero-order valence-corrected chi connectivity index (χ0v) is 11.8. The molecule has 0 saturated heterocycles. The SMILES string of the molecule is CSC(C)(C)CNC(=O)c1cc(S)ccc1F. The van der Waals surface area contributed by atoms with Gasteiger partial charge in [0.05, 0.1) is 5.56 Å². The number of nitrogens with one attached hydrogen (secondary N) is 1. The van der Waals surface area contributed by atoms with Gasteiger partial charge in [-0.3, -0.25) is 4.79 Å². The van der Waals surface area contributed by atoms with Crippen molar-refractivity contribution in [3.63, 3.8) is 0 Å². The van der Waals surface area contributed by atoms with E-state index in [-0.39, 0.29) is 10.3 Å². The highest BCUT2D eigenvalue weighted by Crippen LogP contribution is 2.20. The van der Waals surface area contributed by atoms with E-state index in [9.17, 15) is 9.18 Å². The van der Waals surface area contributed by atoms with E-state index < -0.39 is 11.7 Å². The average molecular weight is 273 g/mol. The summed E-state index contributed by atoms with van der Waals surface area (Å²) in [5.74, 6) is -0.928. The van der Waals surface area contributed by atoms with Gasteiger partial charge in [0.1, 0.15) is 5.82 Å². The number of rotatable bonds is 4. The van der Waals surface area contributed by atoms with Crippen LogP contribution in [-0.4, -0.2) is 23.5 Å². The second-order valence-electron chi connectivity index (χ2n) is 4.31. The van der Waals surface area contributed by atoms with Crippen molar-refractivity contribution >= 4 is 30.3 Å². The van der Waals surface area contributed by atoms with E-state index in [0.717, 1.165) is 0 Å². The Morgan fingerprint density at radius 2 is 2.18 bits per heavy atom. The molecule has 0 radical (unpaired) electrons. The highest BCUT2D eigenvalue weighted by molar-refractivity contribution is 7.99. The molecule has 0 aliphatic rings. The second kappa shape index (κ2) is 5.78. The molecule has 94 valence electrons. The van der Waals surface area contributed by atoms with Crippen LogP contribution in [0.25, 0.3) is 0 Å². The average Bonchev–Trinajstić information content (AvgIpc) is 2.29. The minimum absolute atomic E-state index is 0.0365. The van der Waals surface area contributed by atoms with Gasteiger partial charge in [0, 0.05) is 16.2 Å². The summed E-state index contributed by atoms with van der Waals surface area (Å²) in [6.07, 6.45) is 1.97. The minimum Gasteiger partial charge on any atom is -0.351 e. The van der Waals surface area contributed by atoms with Crippen molar-refractivity contribution in [2.45, 2.75) is 23.5 Å². The predicted octanol–water partition coefficient (Wildman–Crippen LogP) is 2.99. The molecule has 0 unspecified atom stereocenters. The Morgan fingerprint density at radius 3 is 2.76 bits per heavy atom. The molecule has 0 bridgehead atoms. The van der Waals surface area contributed by atoms with Crippen molar-refractivity contribution in [1.29, 1.82) is 0 Å². The molecule has 1 N–H and O–H groups in total. The lowest BCUT2D eigenvalue weighted by atomic mass is 10.1. The lowest BCUT2D eigenvalue weighted by Crippen LogP contribution is -2.36. The molecule has 0 aliphatic heterocycles. The molecule has 0 spiro atoms. The molecular formula is C12H16FNOS2. The summed E-state index contributed by atoms with van der Waals surface area (Å²) >= 11 is 5.74. The van der Waals surface area contributed by atoms with E-state index in [0.29, 0.717) is 11.4 Å². The molecule has 2 nitrogen and oxygen atoms in total. The summed E-state index contributed by atoms with van der Waals surface area (Å²) in [6.45, 7) is 4.52. The van der Waals surface area contributed by atoms with Gasteiger partial charge in [-0.1, -0.05) is 0 Å². The maximum Gasteiger partial charge on any atom is 0.254 e. The third kappa shape index (κ3) is 4.24. The Labute approximate surface area is 111 Å². The van der Waals surface area contributed by atoms with E-state index in [1.807, 2.05) is 20.1 Å². The van der Waals surface area contributed by atoms with Gasteiger partial charge in [0.2, 0.25) is 0 Å². The lowest BCUT2D eigenvalue weighted by Gasteiger charge is -2.22. The van der Waals surface area contributed by atoms with Gasteiger partial charge in [0.15, 0.2) is 0 Å². The van der Waals surface area contributed by atoms with E-state index in [1.165, 1.54) is 18.2 Å². The maximum absolute atomic E-state index is 13.4. The largest absolute Gasteiger partial charge is 0.351 e. The van der Waals surface area contributed by atoms with Gasteiger partial charge in [-0.05, 0) is 38.3 Å². The van der Waals surface area contributed by atoms with Crippen molar-refractivity contribution in [1.82, 2.24) is 5.32 Å². The van der Waals surface area contributed by atoms with E-state index >= 15 is 0 Å². The first kappa shape index (κ1) is 14.4. The number of hydrogen-bond acceptors (Lipinski definition) is 3. The molecule has 0 atom stereocenters. The summed E-state index contributed by atoms with van der Waals surface area (Å²) in [4.78, 5) is 12.4. The number of amides is 1. The summed E-state index contributed by atoms with van der Waals surface area (Å²) < 4.78 is 13.4. The topological polar surface area (TPSA) is 29.1 Å². The van der Waals surface area contributed by atoms with Crippen LogP contribution >= 0.6 is 24.4 Å². The molecule has 0 aliphatic carbocycles. The van der Waals surface area contributed by atoms with E-state index in [1.54, 1.807) is 11.8 Å². The Morgan fingerprint density at radius 1 is 1.53 bits per heavy atom. The highest BCUT2D eigenvalue weighted by Gasteiger charge is 2.19. The first-order chi connectivity index (χ1) is 7.85. The molecule has 0 saturated carbocycles. The van der Waals surface area contributed by atoms with Crippen LogP contribution in [0.2, 0.25) is 0 Å². The van der Waals surface area contributed by atoms with Gasteiger partial charge in [-0.2, -0.15) is 11.8 Å². The molecule has 1 rings (SSSR count). The smallest absolute Gasteiger partial charge is 0.254 e. The molecule has 17 heavy (non-hydrogen) atoms. The lowest BCUT2D eigenvalue weighted by molar-refractivity contribution is 0.0946. The van der Waals surface area contributed by atoms with Crippen molar-refractivity contribution in [2.75, 3.05) is 12.8 Å². The molecular weight excluding hydrogens is 257 g/mol. The minimum atomic E-state index is -0.526. The number of benzene rings is 1. The first-order valence-electron chi connectivity index (χ1n) is 5.17. The number of thiol groups is 1. The number of halogens is 1.